The molecule has 0 aliphatic rings. The van der Waals surface area contributed by atoms with Crippen molar-refractivity contribution < 1.29 is 9.59 Å². The Balaban J connectivity index is 1.30. The van der Waals surface area contributed by atoms with E-state index in [9.17, 15) is 9.59 Å². The van der Waals surface area contributed by atoms with E-state index < -0.39 is 0 Å². The maximum atomic E-state index is 12.9. The van der Waals surface area contributed by atoms with Crippen molar-refractivity contribution in [3.05, 3.63) is 108 Å². The van der Waals surface area contributed by atoms with Crippen LogP contribution >= 0.6 is 0 Å². The third-order valence-electron chi connectivity index (χ3n) is 6.30. The number of nitrogens with one attached hydrogen (secondary N) is 4. The first-order valence-electron chi connectivity index (χ1n) is 11.7. The van der Waals surface area contributed by atoms with Crippen molar-refractivity contribution in [3.63, 3.8) is 0 Å². The van der Waals surface area contributed by atoms with Crippen LogP contribution in [0.3, 0.4) is 0 Å². The lowest BCUT2D eigenvalue weighted by atomic mass is 10.1. The Morgan fingerprint density at radius 2 is 1.68 bits per heavy atom. The van der Waals surface area contributed by atoms with Crippen molar-refractivity contribution in [2.45, 2.75) is 0 Å². The number of nitrogens with zero attached hydrogens (tertiary/aromatic N) is 2. The third kappa shape index (κ3) is 4.85. The Labute approximate surface area is 214 Å². The quantitative estimate of drug-likeness (QED) is 0.217. The summed E-state index contributed by atoms with van der Waals surface area (Å²) in [6.45, 7) is 0. The summed E-state index contributed by atoms with van der Waals surface area (Å²) in [5.41, 5.74) is 5.75. The highest BCUT2D eigenvalue weighted by molar-refractivity contribution is 6.07. The Morgan fingerprint density at radius 1 is 0.919 bits per heavy atom. The van der Waals surface area contributed by atoms with Gasteiger partial charge in [0.15, 0.2) is 0 Å². The van der Waals surface area contributed by atoms with Gasteiger partial charge in [-0.05, 0) is 78.9 Å². The zero-order valence-electron chi connectivity index (χ0n) is 20.4. The first-order chi connectivity index (χ1) is 17.9. The van der Waals surface area contributed by atoms with Crippen LogP contribution in [0.25, 0.3) is 10.9 Å². The van der Waals surface area contributed by atoms with E-state index >= 15 is 0 Å². The van der Waals surface area contributed by atoms with Crippen LogP contribution in [0.15, 0.2) is 91.3 Å². The lowest BCUT2D eigenvalue weighted by Gasteiger charge is -2.22. The second-order valence-electron chi connectivity index (χ2n) is 8.72. The number of hydrogen-bond donors (Lipinski definition) is 4. The molecule has 0 fully saturated rings. The molecule has 8 heteroatoms. The molecule has 0 atom stereocenters. The molecule has 4 N–H and O–H groups in total. The average Bonchev–Trinajstić information content (AvgIpc) is 3.59. The number of aryl methyl sites for hydroxylation is 1. The number of fused-ring (bicyclic) bond motifs is 1. The third-order valence-corrected chi connectivity index (χ3v) is 6.30. The van der Waals surface area contributed by atoms with Crippen molar-refractivity contribution in [2.75, 3.05) is 22.6 Å². The minimum absolute atomic E-state index is 0.209. The van der Waals surface area contributed by atoms with Crippen molar-refractivity contribution in [1.82, 2.24) is 9.55 Å². The summed E-state index contributed by atoms with van der Waals surface area (Å²) >= 11 is 0. The molecule has 5 aromatic rings. The van der Waals surface area contributed by atoms with Crippen LogP contribution in [0, 0.1) is 5.41 Å². The van der Waals surface area contributed by atoms with Crippen LogP contribution in [0.1, 0.15) is 26.4 Å². The Hall–Kier alpha value is -5.11. The molecule has 3 aromatic carbocycles. The first-order valence-corrected chi connectivity index (χ1v) is 11.7. The van der Waals surface area contributed by atoms with Gasteiger partial charge in [-0.1, -0.05) is 0 Å². The van der Waals surface area contributed by atoms with Crippen molar-refractivity contribution in [3.8, 4) is 0 Å². The fourth-order valence-electron chi connectivity index (χ4n) is 4.26. The highest BCUT2D eigenvalue weighted by Crippen LogP contribution is 2.29. The molecular weight excluding hydrogens is 464 g/mol. The van der Waals surface area contributed by atoms with Gasteiger partial charge in [-0.25, -0.2) is 0 Å². The summed E-state index contributed by atoms with van der Waals surface area (Å²) in [7, 11) is 3.87. The number of hydrogen-bond acceptors (Lipinski definition) is 4. The number of amides is 2. The largest absolute Gasteiger partial charge is 0.357 e. The minimum Gasteiger partial charge on any atom is -0.357 e. The van der Waals surface area contributed by atoms with Crippen molar-refractivity contribution in [2.24, 2.45) is 7.05 Å². The van der Waals surface area contributed by atoms with E-state index in [1.165, 1.54) is 6.21 Å². The van der Waals surface area contributed by atoms with Crippen molar-refractivity contribution in [1.29, 1.82) is 5.41 Å². The van der Waals surface area contributed by atoms with E-state index in [-0.39, 0.29) is 11.8 Å². The smallest absolute Gasteiger partial charge is 0.272 e. The van der Waals surface area contributed by atoms with Crippen LogP contribution in [-0.2, 0) is 7.05 Å². The molecule has 2 amide bonds. The van der Waals surface area contributed by atoms with Gasteiger partial charge in [0.1, 0.15) is 5.69 Å². The van der Waals surface area contributed by atoms with Gasteiger partial charge in [-0.3, -0.25) is 9.59 Å². The fourth-order valence-corrected chi connectivity index (χ4v) is 4.26. The van der Waals surface area contributed by atoms with Crippen LogP contribution in [0.2, 0.25) is 0 Å². The van der Waals surface area contributed by atoms with Gasteiger partial charge >= 0.3 is 0 Å². The Bertz CT molecular complexity index is 1600. The minimum atomic E-state index is -0.210. The molecule has 0 spiro atoms. The van der Waals surface area contributed by atoms with E-state index in [0.717, 1.165) is 22.3 Å². The first kappa shape index (κ1) is 23.6. The number of H-pyrrole nitrogens is 1. The molecule has 0 saturated carbocycles. The molecule has 0 aliphatic heterocycles. The number of rotatable bonds is 7. The number of aromatic amines is 1. The molecule has 8 nitrogen and oxygen atoms in total. The number of benzene rings is 3. The lowest BCUT2D eigenvalue weighted by molar-refractivity contribution is 0.101. The summed E-state index contributed by atoms with van der Waals surface area (Å²) in [5, 5.41) is 14.7. The molecule has 184 valence electrons. The summed E-state index contributed by atoms with van der Waals surface area (Å²) in [6, 6.07) is 24.0. The monoisotopic (exact) mass is 490 g/mol. The summed E-state index contributed by atoms with van der Waals surface area (Å²) in [4.78, 5) is 30.0. The van der Waals surface area contributed by atoms with Crippen LogP contribution in [0.4, 0.5) is 22.7 Å². The van der Waals surface area contributed by atoms with Crippen LogP contribution in [0.5, 0.6) is 0 Å². The van der Waals surface area contributed by atoms with Gasteiger partial charge in [0, 0.05) is 77.5 Å². The number of aromatic nitrogens is 2. The molecule has 37 heavy (non-hydrogen) atoms. The van der Waals surface area contributed by atoms with E-state index in [0.29, 0.717) is 28.2 Å². The van der Waals surface area contributed by atoms with E-state index in [2.05, 4.69) is 15.6 Å². The molecule has 0 aliphatic carbocycles. The summed E-state index contributed by atoms with van der Waals surface area (Å²) < 4.78 is 2.01. The Kier molecular flexibility index (Phi) is 6.30. The molecule has 0 radical (unpaired) electrons. The molecular formula is C29H26N6O2. The topological polar surface area (TPSA) is 106 Å². The van der Waals surface area contributed by atoms with Crippen LogP contribution < -0.4 is 15.5 Å². The second kappa shape index (κ2) is 9.87. The maximum Gasteiger partial charge on any atom is 0.272 e. The number of carbonyl (C=O) groups excluding carboxylic acids is 2. The van der Waals surface area contributed by atoms with E-state index in [1.54, 1.807) is 24.4 Å². The highest BCUT2D eigenvalue weighted by atomic mass is 16.2. The van der Waals surface area contributed by atoms with E-state index in [4.69, 9.17) is 5.41 Å². The predicted octanol–water partition coefficient (Wildman–Crippen LogP) is 5.78. The SMILES string of the molecule is CN(c1ccc(NC(=O)c2ccc[nH]2)cc1)c1ccc(NC(=O)c2ccc3c(ccn3C)c2)cc1C=N. The zero-order valence-corrected chi connectivity index (χ0v) is 20.4. The van der Waals surface area contributed by atoms with E-state index in [1.807, 2.05) is 90.4 Å². The van der Waals surface area contributed by atoms with Gasteiger partial charge < -0.3 is 30.5 Å². The number of anilines is 4. The molecule has 0 unspecified atom stereocenters. The normalized spacial score (nSPS) is 10.8. The molecule has 5 rings (SSSR count). The van der Waals surface area contributed by atoms with Crippen molar-refractivity contribution >= 4 is 51.7 Å². The fraction of sp³-hybridized carbons (Fsp3) is 0.0690. The van der Waals surface area contributed by atoms with Crippen LogP contribution in [-0.4, -0.2) is 34.6 Å². The molecule has 0 saturated heterocycles. The molecule has 2 heterocycles. The maximum absolute atomic E-state index is 12.9. The van der Waals surface area contributed by atoms with Gasteiger partial charge in [-0.2, -0.15) is 0 Å². The standard InChI is InChI=1S/C29H26N6O2/c1-34-15-13-19-16-20(5-11-26(19)34)28(36)33-23-8-12-27(21(17-23)18-30)35(2)24-9-6-22(7-10-24)32-29(37)25-4-3-14-31-25/h3-18,30-31H,1-2H3,(H,32,37)(H,33,36). The summed E-state index contributed by atoms with van der Waals surface area (Å²) in [6.07, 6.45) is 4.93. The average molecular weight is 491 g/mol. The second-order valence-corrected chi connectivity index (χ2v) is 8.72. The summed E-state index contributed by atoms with van der Waals surface area (Å²) in [5.74, 6) is -0.418. The van der Waals surface area contributed by atoms with Gasteiger partial charge in [-0.15, -0.1) is 0 Å². The molecule has 0 bridgehead atoms. The zero-order chi connectivity index (χ0) is 25.9. The van der Waals surface area contributed by atoms with Gasteiger partial charge in [0.25, 0.3) is 11.8 Å². The molecule has 2 aromatic heterocycles. The Morgan fingerprint density at radius 3 is 2.41 bits per heavy atom. The highest BCUT2D eigenvalue weighted by Gasteiger charge is 2.13. The lowest BCUT2D eigenvalue weighted by Crippen LogP contribution is -2.15. The predicted molar refractivity (Wildman–Crippen MR) is 148 cm³/mol. The van der Waals surface area contributed by atoms with Gasteiger partial charge in [0.05, 0.1) is 0 Å². The number of carbonyl (C=O) groups is 2. The van der Waals surface area contributed by atoms with Gasteiger partial charge in [0.2, 0.25) is 0 Å².